The van der Waals surface area contributed by atoms with Crippen molar-refractivity contribution in [3.05, 3.63) is 53.6 Å². The molecule has 8 heteroatoms. The van der Waals surface area contributed by atoms with E-state index in [2.05, 4.69) is 10.1 Å². The van der Waals surface area contributed by atoms with E-state index in [1.807, 2.05) is 12.1 Å². The summed E-state index contributed by atoms with van der Waals surface area (Å²) in [6, 6.07) is 12.0. The molecule has 0 aromatic heterocycles. The summed E-state index contributed by atoms with van der Waals surface area (Å²) in [6.45, 7) is 2.20. The number of fused-ring (bicyclic) bond motifs is 1. The summed E-state index contributed by atoms with van der Waals surface area (Å²) in [4.78, 5) is 37.2. The van der Waals surface area contributed by atoms with Crippen LogP contribution in [-0.4, -0.2) is 38.2 Å². The van der Waals surface area contributed by atoms with E-state index in [4.69, 9.17) is 9.47 Å². The molecule has 152 valence electrons. The van der Waals surface area contributed by atoms with Crippen molar-refractivity contribution in [2.24, 2.45) is 0 Å². The fourth-order valence-electron chi connectivity index (χ4n) is 2.92. The van der Waals surface area contributed by atoms with Crippen LogP contribution >= 0.6 is 0 Å². The Morgan fingerprint density at radius 2 is 1.79 bits per heavy atom. The third kappa shape index (κ3) is 5.04. The highest BCUT2D eigenvalue weighted by Gasteiger charge is 2.16. The molecular weight excluding hydrogens is 376 g/mol. The molecular formula is C21H22N2O6. The van der Waals surface area contributed by atoms with Crippen LogP contribution in [0.2, 0.25) is 0 Å². The van der Waals surface area contributed by atoms with Gasteiger partial charge in [-0.3, -0.25) is 9.59 Å². The largest absolute Gasteiger partial charge is 0.465 e. The van der Waals surface area contributed by atoms with Gasteiger partial charge in [0.1, 0.15) is 0 Å². The number of nitrogens with one attached hydrogen (secondary N) is 1. The second-order valence-electron chi connectivity index (χ2n) is 6.42. The predicted molar refractivity (Wildman–Crippen MR) is 105 cm³/mol. The van der Waals surface area contributed by atoms with Crippen LogP contribution in [0.25, 0.3) is 0 Å². The van der Waals surface area contributed by atoms with Gasteiger partial charge in [-0.15, -0.1) is 0 Å². The molecule has 0 radical (unpaired) electrons. The van der Waals surface area contributed by atoms with Crippen LogP contribution in [0.1, 0.15) is 29.3 Å². The number of methoxy groups -OCH3 is 1. The third-order valence-corrected chi connectivity index (χ3v) is 4.47. The predicted octanol–water partition coefficient (Wildman–Crippen LogP) is 2.26. The highest BCUT2D eigenvalue weighted by atomic mass is 16.7. The molecule has 3 rings (SSSR count). The second kappa shape index (κ2) is 9.09. The van der Waals surface area contributed by atoms with E-state index in [-0.39, 0.29) is 31.6 Å². The first-order chi connectivity index (χ1) is 14.0. The van der Waals surface area contributed by atoms with Crippen molar-refractivity contribution in [1.29, 1.82) is 0 Å². The highest BCUT2D eigenvalue weighted by molar-refractivity contribution is 5.94. The SMILES string of the molecule is COC(=O)c1ccc(N(CCC(=O)NCc2ccc3c(c2)OCO3)C(C)=O)cc1. The number of benzene rings is 2. The van der Waals surface area contributed by atoms with Gasteiger partial charge in [-0.1, -0.05) is 6.07 Å². The maximum atomic E-state index is 12.2. The standard InChI is InChI=1S/C21H22N2O6/c1-14(24)23(17-6-4-16(5-7-17)21(26)27-2)10-9-20(25)22-12-15-3-8-18-19(11-15)29-13-28-18/h3-8,11H,9-10,12-13H2,1-2H3,(H,22,25). The van der Waals surface area contributed by atoms with Gasteiger partial charge in [0.2, 0.25) is 18.6 Å². The molecule has 1 N–H and O–H groups in total. The van der Waals surface area contributed by atoms with E-state index in [0.29, 0.717) is 29.3 Å². The molecule has 2 aromatic rings. The molecule has 0 fully saturated rings. The van der Waals surface area contributed by atoms with Crippen molar-refractivity contribution < 1.29 is 28.6 Å². The Kier molecular flexibility index (Phi) is 6.33. The molecule has 0 atom stereocenters. The summed E-state index contributed by atoms with van der Waals surface area (Å²) in [7, 11) is 1.31. The van der Waals surface area contributed by atoms with Gasteiger partial charge in [-0.2, -0.15) is 0 Å². The Labute approximate surface area is 168 Å². The average Bonchev–Trinajstić information content (AvgIpc) is 3.20. The number of amides is 2. The van der Waals surface area contributed by atoms with Crippen LogP contribution in [0.15, 0.2) is 42.5 Å². The van der Waals surface area contributed by atoms with Crippen molar-refractivity contribution in [3.63, 3.8) is 0 Å². The molecule has 0 saturated carbocycles. The fourth-order valence-corrected chi connectivity index (χ4v) is 2.92. The van der Waals surface area contributed by atoms with E-state index in [9.17, 15) is 14.4 Å². The lowest BCUT2D eigenvalue weighted by Crippen LogP contribution is -2.33. The first kappa shape index (κ1) is 20.2. The first-order valence-corrected chi connectivity index (χ1v) is 9.09. The summed E-state index contributed by atoms with van der Waals surface area (Å²) >= 11 is 0. The smallest absolute Gasteiger partial charge is 0.337 e. The number of carbonyl (C=O) groups excluding carboxylic acids is 3. The lowest BCUT2D eigenvalue weighted by molar-refractivity contribution is -0.121. The fraction of sp³-hybridized carbons (Fsp3) is 0.286. The van der Waals surface area contributed by atoms with Gasteiger partial charge >= 0.3 is 5.97 Å². The molecule has 0 saturated heterocycles. The van der Waals surface area contributed by atoms with Crippen LogP contribution in [0, 0.1) is 0 Å². The van der Waals surface area contributed by atoms with Crippen molar-refractivity contribution in [2.75, 3.05) is 25.3 Å². The van der Waals surface area contributed by atoms with Crippen LogP contribution in [0.4, 0.5) is 5.69 Å². The summed E-state index contributed by atoms with van der Waals surface area (Å²) in [5, 5.41) is 2.83. The Balaban J connectivity index is 1.54. The zero-order chi connectivity index (χ0) is 20.8. The molecule has 0 spiro atoms. The molecule has 2 aromatic carbocycles. The van der Waals surface area contributed by atoms with Gasteiger partial charge in [0.15, 0.2) is 11.5 Å². The summed E-state index contributed by atoms with van der Waals surface area (Å²) in [5.41, 5.74) is 1.89. The summed E-state index contributed by atoms with van der Waals surface area (Å²) in [6.07, 6.45) is 0.142. The second-order valence-corrected chi connectivity index (χ2v) is 6.42. The third-order valence-electron chi connectivity index (χ3n) is 4.47. The van der Waals surface area contributed by atoms with E-state index < -0.39 is 5.97 Å². The maximum absolute atomic E-state index is 12.2. The van der Waals surface area contributed by atoms with Crippen molar-refractivity contribution in [2.45, 2.75) is 19.9 Å². The van der Waals surface area contributed by atoms with Gasteiger partial charge in [0.25, 0.3) is 0 Å². The van der Waals surface area contributed by atoms with Crippen LogP contribution in [0.3, 0.4) is 0 Å². The number of carbonyl (C=O) groups is 3. The Morgan fingerprint density at radius 1 is 1.07 bits per heavy atom. The summed E-state index contributed by atoms with van der Waals surface area (Å²) in [5.74, 6) is 0.526. The number of hydrogen-bond donors (Lipinski definition) is 1. The number of rotatable bonds is 7. The zero-order valence-corrected chi connectivity index (χ0v) is 16.3. The first-order valence-electron chi connectivity index (χ1n) is 9.09. The summed E-state index contributed by atoms with van der Waals surface area (Å²) < 4.78 is 15.2. The quantitative estimate of drug-likeness (QED) is 0.719. The maximum Gasteiger partial charge on any atom is 0.337 e. The van der Waals surface area contributed by atoms with E-state index in [1.165, 1.54) is 18.9 Å². The highest BCUT2D eigenvalue weighted by Crippen LogP contribution is 2.32. The normalized spacial score (nSPS) is 11.7. The van der Waals surface area contributed by atoms with E-state index >= 15 is 0 Å². The minimum absolute atomic E-state index is 0.142. The van der Waals surface area contributed by atoms with Gasteiger partial charge in [-0.25, -0.2) is 4.79 Å². The van der Waals surface area contributed by atoms with Crippen LogP contribution in [-0.2, 0) is 20.9 Å². The zero-order valence-electron chi connectivity index (χ0n) is 16.3. The Hall–Kier alpha value is -3.55. The number of nitrogens with zero attached hydrogens (tertiary/aromatic N) is 1. The van der Waals surface area contributed by atoms with Gasteiger partial charge in [0.05, 0.1) is 12.7 Å². The van der Waals surface area contributed by atoms with Gasteiger partial charge in [0, 0.05) is 32.1 Å². The molecule has 1 aliphatic heterocycles. The molecule has 29 heavy (non-hydrogen) atoms. The minimum Gasteiger partial charge on any atom is -0.465 e. The molecule has 2 amide bonds. The molecule has 8 nitrogen and oxygen atoms in total. The minimum atomic E-state index is -0.450. The average molecular weight is 398 g/mol. The molecule has 1 aliphatic rings. The molecule has 1 heterocycles. The van der Waals surface area contributed by atoms with Gasteiger partial charge < -0.3 is 24.4 Å². The van der Waals surface area contributed by atoms with Crippen LogP contribution in [0.5, 0.6) is 11.5 Å². The number of ether oxygens (including phenoxy) is 3. The molecule has 0 aliphatic carbocycles. The molecule has 0 unspecified atom stereocenters. The van der Waals surface area contributed by atoms with Crippen LogP contribution < -0.4 is 19.7 Å². The Bertz CT molecular complexity index is 910. The van der Waals surface area contributed by atoms with E-state index in [0.717, 1.165) is 5.56 Å². The Morgan fingerprint density at radius 3 is 2.48 bits per heavy atom. The monoisotopic (exact) mass is 398 g/mol. The molecule has 0 bridgehead atoms. The number of hydrogen-bond acceptors (Lipinski definition) is 6. The van der Waals surface area contributed by atoms with E-state index in [1.54, 1.807) is 30.3 Å². The number of esters is 1. The van der Waals surface area contributed by atoms with Crippen molar-refractivity contribution in [3.8, 4) is 11.5 Å². The number of anilines is 1. The lowest BCUT2D eigenvalue weighted by Gasteiger charge is -2.21. The van der Waals surface area contributed by atoms with Crippen molar-refractivity contribution in [1.82, 2.24) is 5.32 Å². The lowest BCUT2D eigenvalue weighted by atomic mass is 10.2. The van der Waals surface area contributed by atoms with Gasteiger partial charge in [-0.05, 0) is 42.0 Å². The van der Waals surface area contributed by atoms with Crippen molar-refractivity contribution >= 4 is 23.5 Å². The topological polar surface area (TPSA) is 94.2 Å².